The molecule has 0 aliphatic carbocycles. The first-order chi connectivity index (χ1) is 7.99. The minimum atomic E-state index is -0.105. The SMILES string of the molecule is Cc1ccc(C(Cl)c2cc(C)c(Cl)s2)c(C)c1. The van der Waals surface area contributed by atoms with Crippen molar-refractivity contribution in [3.8, 4) is 0 Å². The van der Waals surface area contributed by atoms with E-state index < -0.39 is 0 Å². The molecule has 1 aromatic heterocycles. The van der Waals surface area contributed by atoms with E-state index in [9.17, 15) is 0 Å². The van der Waals surface area contributed by atoms with E-state index in [-0.39, 0.29) is 5.38 Å². The summed E-state index contributed by atoms with van der Waals surface area (Å²) in [6.45, 7) is 6.19. The zero-order valence-electron chi connectivity index (χ0n) is 10.1. The normalized spacial score (nSPS) is 12.8. The average Bonchev–Trinajstić information content (AvgIpc) is 2.58. The standard InChI is InChI=1S/C14H14Cl2S/c1-8-4-5-11(9(2)6-8)13(15)12-7-10(3)14(16)17-12/h4-7,13H,1-3H3. The molecule has 1 aromatic carbocycles. The monoisotopic (exact) mass is 284 g/mol. The van der Waals surface area contributed by atoms with Gasteiger partial charge in [-0.25, -0.2) is 0 Å². The van der Waals surface area contributed by atoms with E-state index >= 15 is 0 Å². The van der Waals surface area contributed by atoms with Gasteiger partial charge >= 0.3 is 0 Å². The van der Waals surface area contributed by atoms with Gasteiger partial charge in [0.2, 0.25) is 0 Å². The average molecular weight is 285 g/mol. The van der Waals surface area contributed by atoms with Crippen molar-refractivity contribution in [2.45, 2.75) is 26.1 Å². The molecule has 0 bridgehead atoms. The second-order valence-electron chi connectivity index (χ2n) is 4.33. The van der Waals surface area contributed by atoms with E-state index in [1.54, 1.807) is 11.3 Å². The van der Waals surface area contributed by atoms with Crippen LogP contribution in [0.4, 0.5) is 0 Å². The number of benzene rings is 1. The summed E-state index contributed by atoms with van der Waals surface area (Å²) in [4.78, 5) is 1.11. The van der Waals surface area contributed by atoms with Crippen molar-refractivity contribution in [2.24, 2.45) is 0 Å². The summed E-state index contributed by atoms with van der Waals surface area (Å²) in [6, 6.07) is 8.43. The number of hydrogen-bond donors (Lipinski definition) is 0. The van der Waals surface area contributed by atoms with Gasteiger partial charge in [0.25, 0.3) is 0 Å². The first kappa shape index (κ1) is 12.9. The maximum absolute atomic E-state index is 6.53. The van der Waals surface area contributed by atoms with Gasteiger partial charge in [0.1, 0.15) is 0 Å². The third-order valence-corrected chi connectivity index (χ3v) is 5.04. The van der Waals surface area contributed by atoms with Crippen molar-refractivity contribution < 1.29 is 0 Å². The molecule has 0 saturated heterocycles. The van der Waals surface area contributed by atoms with Crippen LogP contribution in [-0.2, 0) is 0 Å². The van der Waals surface area contributed by atoms with Crippen LogP contribution in [0.2, 0.25) is 4.34 Å². The molecule has 2 rings (SSSR count). The lowest BCUT2D eigenvalue weighted by Crippen LogP contribution is -1.94. The van der Waals surface area contributed by atoms with Crippen LogP contribution in [0.5, 0.6) is 0 Å². The Hall–Kier alpha value is -0.500. The summed E-state index contributed by atoms with van der Waals surface area (Å²) in [5.74, 6) is 0. The second kappa shape index (κ2) is 5.01. The Labute approximate surface area is 116 Å². The lowest BCUT2D eigenvalue weighted by atomic mass is 10.0. The zero-order valence-corrected chi connectivity index (χ0v) is 12.4. The smallest absolute Gasteiger partial charge is 0.0960 e. The Morgan fingerprint density at radius 3 is 2.29 bits per heavy atom. The first-order valence-corrected chi connectivity index (χ1v) is 7.09. The minimum Gasteiger partial charge on any atom is -0.126 e. The number of halogens is 2. The summed E-state index contributed by atoms with van der Waals surface area (Å²) < 4.78 is 0.829. The van der Waals surface area contributed by atoms with Gasteiger partial charge in [-0.05, 0) is 43.5 Å². The number of aryl methyl sites for hydroxylation is 3. The molecule has 1 unspecified atom stereocenters. The third-order valence-electron chi connectivity index (χ3n) is 2.82. The van der Waals surface area contributed by atoms with E-state index in [4.69, 9.17) is 23.2 Å². The largest absolute Gasteiger partial charge is 0.126 e. The molecule has 0 spiro atoms. The van der Waals surface area contributed by atoms with E-state index in [2.05, 4.69) is 38.1 Å². The highest BCUT2D eigenvalue weighted by Crippen LogP contribution is 2.38. The van der Waals surface area contributed by atoms with Crippen molar-refractivity contribution in [3.05, 3.63) is 55.7 Å². The molecule has 3 heteroatoms. The molecular formula is C14H14Cl2S. The van der Waals surface area contributed by atoms with Crippen LogP contribution >= 0.6 is 34.5 Å². The van der Waals surface area contributed by atoms with E-state index in [1.165, 1.54) is 11.1 Å². The highest BCUT2D eigenvalue weighted by Gasteiger charge is 2.16. The van der Waals surface area contributed by atoms with Gasteiger partial charge in [0.15, 0.2) is 0 Å². The van der Waals surface area contributed by atoms with Gasteiger partial charge in [-0.2, -0.15) is 0 Å². The third kappa shape index (κ3) is 2.67. The summed E-state index contributed by atoms with van der Waals surface area (Å²) in [7, 11) is 0. The highest BCUT2D eigenvalue weighted by atomic mass is 35.5. The molecule has 17 heavy (non-hydrogen) atoms. The van der Waals surface area contributed by atoms with Crippen molar-refractivity contribution >= 4 is 34.5 Å². The molecule has 2 aromatic rings. The lowest BCUT2D eigenvalue weighted by molar-refractivity contribution is 1.13. The molecule has 0 nitrogen and oxygen atoms in total. The van der Waals surface area contributed by atoms with Gasteiger partial charge in [0, 0.05) is 4.88 Å². The first-order valence-electron chi connectivity index (χ1n) is 5.46. The molecule has 0 fully saturated rings. The Bertz CT molecular complexity index is 524. The van der Waals surface area contributed by atoms with Crippen LogP contribution in [0.1, 0.15) is 32.5 Å². The van der Waals surface area contributed by atoms with E-state index in [0.29, 0.717) is 0 Å². The van der Waals surface area contributed by atoms with Crippen LogP contribution in [-0.4, -0.2) is 0 Å². The fourth-order valence-corrected chi connectivity index (χ4v) is 3.53. The van der Waals surface area contributed by atoms with Crippen LogP contribution in [0.15, 0.2) is 24.3 Å². The highest BCUT2D eigenvalue weighted by molar-refractivity contribution is 7.16. The Balaban J connectivity index is 2.39. The van der Waals surface area contributed by atoms with Gasteiger partial charge in [0.05, 0.1) is 9.71 Å². The molecule has 0 aliphatic heterocycles. The predicted octanol–water partition coefficient (Wildman–Crippen LogP) is 5.65. The summed E-state index contributed by atoms with van der Waals surface area (Å²) in [5, 5.41) is -0.105. The van der Waals surface area contributed by atoms with E-state index in [1.807, 2.05) is 6.92 Å². The molecule has 0 N–H and O–H groups in total. The number of rotatable bonds is 2. The summed E-state index contributed by atoms with van der Waals surface area (Å²) in [6.07, 6.45) is 0. The van der Waals surface area contributed by atoms with Crippen molar-refractivity contribution in [3.63, 3.8) is 0 Å². The topological polar surface area (TPSA) is 0 Å². The maximum Gasteiger partial charge on any atom is 0.0960 e. The quantitative estimate of drug-likeness (QED) is 0.625. The second-order valence-corrected chi connectivity index (χ2v) is 6.45. The maximum atomic E-state index is 6.53. The van der Waals surface area contributed by atoms with Crippen LogP contribution in [0, 0.1) is 20.8 Å². The number of thiophene rings is 1. The molecule has 90 valence electrons. The minimum absolute atomic E-state index is 0.105. The van der Waals surface area contributed by atoms with Gasteiger partial charge in [-0.3, -0.25) is 0 Å². The predicted molar refractivity (Wildman–Crippen MR) is 77.7 cm³/mol. The zero-order chi connectivity index (χ0) is 12.6. The number of alkyl halides is 1. The van der Waals surface area contributed by atoms with Gasteiger partial charge in [-0.15, -0.1) is 22.9 Å². The molecule has 1 atom stereocenters. The molecule has 0 amide bonds. The van der Waals surface area contributed by atoms with Crippen LogP contribution in [0.3, 0.4) is 0 Å². The Kier molecular flexibility index (Phi) is 3.82. The Morgan fingerprint density at radius 1 is 1.06 bits per heavy atom. The Morgan fingerprint density at radius 2 is 1.76 bits per heavy atom. The molecule has 1 heterocycles. The van der Waals surface area contributed by atoms with Crippen molar-refractivity contribution in [2.75, 3.05) is 0 Å². The number of hydrogen-bond acceptors (Lipinski definition) is 1. The van der Waals surface area contributed by atoms with Crippen LogP contribution < -0.4 is 0 Å². The molecule has 0 aliphatic rings. The summed E-state index contributed by atoms with van der Waals surface area (Å²) >= 11 is 14.2. The van der Waals surface area contributed by atoms with Crippen LogP contribution in [0.25, 0.3) is 0 Å². The summed E-state index contributed by atoms with van der Waals surface area (Å²) in [5.41, 5.74) is 4.75. The lowest BCUT2D eigenvalue weighted by Gasteiger charge is -2.11. The van der Waals surface area contributed by atoms with Gasteiger partial charge < -0.3 is 0 Å². The van der Waals surface area contributed by atoms with E-state index in [0.717, 1.165) is 20.3 Å². The molecule has 0 saturated carbocycles. The van der Waals surface area contributed by atoms with Gasteiger partial charge in [-0.1, -0.05) is 35.4 Å². The molecular weight excluding hydrogens is 271 g/mol. The fourth-order valence-electron chi connectivity index (χ4n) is 1.87. The fraction of sp³-hybridized carbons (Fsp3) is 0.286. The van der Waals surface area contributed by atoms with Crippen molar-refractivity contribution in [1.29, 1.82) is 0 Å². The van der Waals surface area contributed by atoms with Crippen molar-refractivity contribution in [1.82, 2.24) is 0 Å². The molecule has 0 radical (unpaired) electrons.